The number of esters is 1. The molecular formula is C24H21BrN2O5. The summed E-state index contributed by atoms with van der Waals surface area (Å²) in [5.74, 6) is -1.34. The van der Waals surface area contributed by atoms with Crippen molar-refractivity contribution in [1.29, 1.82) is 0 Å². The fourth-order valence-electron chi connectivity index (χ4n) is 5.38. The van der Waals surface area contributed by atoms with E-state index in [0.717, 1.165) is 23.7 Å². The van der Waals surface area contributed by atoms with Gasteiger partial charge in [0.05, 0.1) is 23.1 Å². The molecule has 1 aliphatic heterocycles. The van der Waals surface area contributed by atoms with Crippen LogP contribution in [0, 0.1) is 23.7 Å². The van der Waals surface area contributed by atoms with Gasteiger partial charge < -0.3 is 10.1 Å². The molecule has 4 atom stereocenters. The van der Waals surface area contributed by atoms with Crippen molar-refractivity contribution in [3.8, 4) is 0 Å². The van der Waals surface area contributed by atoms with E-state index >= 15 is 0 Å². The molecule has 164 valence electrons. The number of rotatable bonds is 5. The van der Waals surface area contributed by atoms with Gasteiger partial charge >= 0.3 is 5.97 Å². The summed E-state index contributed by atoms with van der Waals surface area (Å²) < 4.78 is 6.01. The first kappa shape index (κ1) is 20.9. The first-order valence-corrected chi connectivity index (χ1v) is 11.4. The molecule has 0 unspecified atom stereocenters. The normalized spacial score (nSPS) is 25.7. The van der Waals surface area contributed by atoms with Gasteiger partial charge in [-0.15, -0.1) is 0 Å². The van der Waals surface area contributed by atoms with Crippen LogP contribution in [-0.4, -0.2) is 30.3 Å². The monoisotopic (exact) mass is 496 g/mol. The Balaban J connectivity index is 1.24. The van der Waals surface area contributed by atoms with Gasteiger partial charge in [-0.25, -0.2) is 4.79 Å². The molecule has 1 saturated heterocycles. The molecule has 3 amide bonds. The highest BCUT2D eigenvalue weighted by Gasteiger charge is 2.61. The number of fused-ring (bicyclic) bond motifs is 5. The van der Waals surface area contributed by atoms with Crippen LogP contribution in [0.3, 0.4) is 0 Å². The van der Waals surface area contributed by atoms with Crippen molar-refractivity contribution in [3.63, 3.8) is 0 Å². The maximum Gasteiger partial charge on any atom is 0.338 e. The Bertz CT molecular complexity index is 1090. The van der Waals surface area contributed by atoms with Crippen molar-refractivity contribution >= 4 is 51.0 Å². The Kier molecular flexibility index (Phi) is 5.33. The summed E-state index contributed by atoms with van der Waals surface area (Å²) in [6.45, 7) is -0.450. The van der Waals surface area contributed by atoms with Gasteiger partial charge in [-0.05, 0) is 73.6 Å². The molecule has 0 radical (unpaired) electrons. The number of anilines is 2. The lowest BCUT2D eigenvalue weighted by atomic mass is 9.81. The number of hydrogen-bond acceptors (Lipinski definition) is 5. The van der Waals surface area contributed by atoms with Gasteiger partial charge in [0, 0.05) is 10.2 Å². The summed E-state index contributed by atoms with van der Waals surface area (Å²) in [6.07, 6.45) is 2.98. The molecule has 3 fully saturated rings. The van der Waals surface area contributed by atoms with E-state index in [0.29, 0.717) is 23.2 Å². The Hall–Kier alpha value is -3.00. The van der Waals surface area contributed by atoms with Crippen LogP contribution in [0.1, 0.15) is 29.6 Å². The zero-order valence-corrected chi connectivity index (χ0v) is 18.7. The quantitative estimate of drug-likeness (QED) is 0.502. The number of benzene rings is 2. The van der Waals surface area contributed by atoms with Gasteiger partial charge in [0.2, 0.25) is 11.8 Å². The molecule has 2 aromatic rings. The molecular weight excluding hydrogens is 476 g/mol. The smallest absolute Gasteiger partial charge is 0.338 e. The number of ether oxygens (including phenoxy) is 1. The highest BCUT2D eigenvalue weighted by molar-refractivity contribution is 9.10. The Morgan fingerprint density at radius 2 is 1.66 bits per heavy atom. The molecule has 32 heavy (non-hydrogen) atoms. The molecule has 2 saturated carbocycles. The van der Waals surface area contributed by atoms with Crippen LogP contribution in [-0.2, 0) is 19.1 Å². The maximum absolute atomic E-state index is 13.0. The van der Waals surface area contributed by atoms with Crippen LogP contribution in [0.4, 0.5) is 11.4 Å². The zero-order valence-electron chi connectivity index (χ0n) is 17.1. The summed E-state index contributed by atoms with van der Waals surface area (Å²) in [5, 5.41) is 2.65. The van der Waals surface area contributed by atoms with Crippen LogP contribution in [0.2, 0.25) is 0 Å². The van der Waals surface area contributed by atoms with Crippen molar-refractivity contribution in [2.45, 2.75) is 19.3 Å². The van der Waals surface area contributed by atoms with Crippen molar-refractivity contribution in [2.75, 3.05) is 16.8 Å². The van der Waals surface area contributed by atoms with Gasteiger partial charge in [0.15, 0.2) is 6.61 Å². The fourth-order valence-corrected chi connectivity index (χ4v) is 5.64. The van der Waals surface area contributed by atoms with Crippen LogP contribution in [0.25, 0.3) is 0 Å². The van der Waals surface area contributed by atoms with Crippen LogP contribution in [0.5, 0.6) is 0 Å². The SMILES string of the molecule is O=C(COC(=O)c1cccc(N2C(=O)[C@@H]3[C@H]4CC[C@@H](C4)[C@H]3C2=O)c1)Nc1ccc(Br)cc1. The molecule has 1 N–H and O–H groups in total. The van der Waals surface area contributed by atoms with Crippen molar-refractivity contribution in [2.24, 2.45) is 23.7 Å². The summed E-state index contributed by atoms with van der Waals surface area (Å²) in [4.78, 5) is 51.8. The number of nitrogens with one attached hydrogen (secondary N) is 1. The van der Waals surface area contributed by atoms with E-state index in [9.17, 15) is 19.2 Å². The van der Waals surface area contributed by atoms with Crippen LogP contribution >= 0.6 is 15.9 Å². The van der Waals surface area contributed by atoms with Crippen molar-refractivity contribution in [3.05, 3.63) is 58.6 Å². The summed E-state index contributed by atoms with van der Waals surface area (Å²) >= 11 is 3.32. The third kappa shape index (κ3) is 3.62. The molecule has 0 aromatic heterocycles. The van der Waals surface area contributed by atoms with E-state index in [2.05, 4.69) is 21.2 Å². The van der Waals surface area contributed by atoms with Crippen molar-refractivity contribution in [1.82, 2.24) is 0 Å². The number of carbonyl (C=O) groups is 4. The molecule has 3 aliphatic rings. The summed E-state index contributed by atoms with van der Waals surface area (Å²) in [6, 6.07) is 13.3. The number of imide groups is 1. The summed E-state index contributed by atoms with van der Waals surface area (Å²) in [5.41, 5.74) is 1.14. The Morgan fingerprint density at radius 3 is 2.31 bits per heavy atom. The van der Waals surface area contributed by atoms with Crippen LogP contribution in [0.15, 0.2) is 53.0 Å². The lowest BCUT2D eigenvalue weighted by Crippen LogP contribution is -2.32. The second-order valence-electron chi connectivity index (χ2n) is 8.58. The van der Waals surface area contributed by atoms with Crippen molar-refractivity contribution < 1.29 is 23.9 Å². The lowest BCUT2D eigenvalue weighted by molar-refractivity contribution is -0.123. The minimum absolute atomic E-state index is 0.161. The first-order chi connectivity index (χ1) is 15.4. The average Bonchev–Trinajstić information content (AvgIpc) is 3.47. The third-order valence-corrected chi connectivity index (χ3v) is 7.26. The number of carbonyl (C=O) groups excluding carboxylic acids is 4. The third-order valence-electron chi connectivity index (χ3n) is 6.73. The standard InChI is InChI=1S/C24H21BrN2O5/c25-16-6-8-17(9-7-16)26-19(28)12-32-24(31)15-2-1-3-18(11-15)27-22(29)20-13-4-5-14(10-13)21(20)23(27)30/h1-3,6-9,11,13-14,20-21H,4-5,10,12H2,(H,26,28)/t13-,14-,20+,21+/m0/s1. The van der Waals surface area contributed by atoms with E-state index in [4.69, 9.17) is 4.74 Å². The molecule has 8 heteroatoms. The van der Waals surface area contributed by atoms with E-state index in [1.165, 1.54) is 17.0 Å². The Labute approximate surface area is 193 Å². The second kappa shape index (κ2) is 8.16. The number of halogens is 1. The summed E-state index contributed by atoms with van der Waals surface area (Å²) in [7, 11) is 0. The maximum atomic E-state index is 13.0. The molecule has 2 aliphatic carbocycles. The molecule has 2 bridgehead atoms. The van der Waals surface area contributed by atoms with Gasteiger partial charge in [-0.3, -0.25) is 19.3 Å². The largest absolute Gasteiger partial charge is 0.452 e. The molecule has 7 nitrogen and oxygen atoms in total. The highest BCUT2D eigenvalue weighted by Crippen LogP contribution is 2.56. The van der Waals surface area contributed by atoms with E-state index in [1.54, 1.807) is 36.4 Å². The predicted molar refractivity (Wildman–Crippen MR) is 120 cm³/mol. The van der Waals surface area contributed by atoms with Gasteiger partial charge in [0.1, 0.15) is 0 Å². The molecule has 2 aromatic carbocycles. The molecule has 1 heterocycles. The predicted octanol–water partition coefficient (Wildman–Crippen LogP) is 3.78. The number of amides is 3. The highest BCUT2D eigenvalue weighted by atomic mass is 79.9. The topological polar surface area (TPSA) is 92.8 Å². The second-order valence-corrected chi connectivity index (χ2v) is 9.49. The van der Waals surface area contributed by atoms with E-state index in [-0.39, 0.29) is 29.2 Å². The van der Waals surface area contributed by atoms with Gasteiger partial charge in [-0.2, -0.15) is 0 Å². The van der Waals surface area contributed by atoms with E-state index in [1.807, 2.05) is 0 Å². The van der Waals surface area contributed by atoms with Gasteiger partial charge in [-0.1, -0.05) is 22.0 Å². The molecule has 0 spiro atoms. The zero-order chi connectivity index (χ0) is 22.4. The number of hydrogen-bond donors (Lipinski definition) is 1. The molecule has 5 rings (SSSR count). The fraction of sp³-hybridized carbons (Fsp3) is 0.333. The Morgan fingerprint density at radius 1 is 1.00 bits per heavy atom. The van der Waals surface area contributed by atoms with Crippen LogP contribution < -0.4 is 10.2 Å². The number of nitrogens with zero attached hydrogens (tertiary/aromatic N) is 1. The lowest BCUT2D eigenvalue weighted by Gasteiger charge is -2.19. The minimum atomic E-state index is -0.697. The van der Waals surface area contributed by atoms with E-state index < -0.39 is 18.5 Å². The first-order valence-electron chi connectivity index (χ1n) is 10.6. The van der Waals surface area contributed by atoms with Gasteiger partial charge in [0.25, 0.3) is 5.91 Å². The average molecular weight is 497 g/mol. The minimum Gasteiger partial charge on any atom is -0.452 e.